The first-order chi connectivity index (χ1) is 6.06. The Labute approximate surface area is 73.8 Å². The summed E-state index contributed by atoms with van der Waals surface area (Å²) in [6, 6.07) is 0. The molecule has 2 atom stereocenters. The van der Waals surface area contributed by atoms with Gasteiger partial charge in [0.2, 0.25) is 6.36 Å². The van der Waals surface area contributed by atoms with Gasteiger partial charge in [0.15, 0.2) is 0 Å². The Bertz CT molecular complexity index is 123. The van der Waals surface area contributed by atoms with Crippen molar-refractivity contribution in [1.82, 2.24) is 0 Å². The van der Waals surface area contributed by atoms with E-state index >= 15 is 0 Å². The highest BCUT2D eigenvalue weighted by Gasteiger charge is 2.11. The average Bonchev–Trinajstić information content (AvgIpc) is 2.10. The molecule has 0 aromatic rings. The van der Waals surface area contributed by atoms with Crippen molar-refractivity contribution in [3.8, 4) is 0 Å². The number of halogens is 4. The first-order valence-electron chi connectivity index (χ1n) is 3.60. The van der Waals surface area contributed by atoms with E-state index in [0.29, 0.717) is 0 Å². The smallest absolute Gasteiger partial charge is 0.261 e. The van der Waals surface area contributed by atoms with Gasteiger partial charge in [-0.25, -0.2) is 17.6 Å². The highest BCUT2D eigenvalue weighted by Crippen LogP contribution is 2.01. The highest BCUT2D eigenvalue weighted by molar-refractivity contribution is 4.59. The van der Waals surface area contributed by atoms with Gasteiger partial charge in [0.1, 0.15) is 13.3 Å². The summed E-state index contributed by atoms with van der Waals surface area (Å²) in [5.74, 6) is 0. The molecular formula is C7H11F4O2. The third-order valence-corrected chi connectivity index (χ3v) is 1.04. The van der Waals surface area contributed by atoms with Crippen molar-refractivity contribution in [3.05, 3.63) is 6.92 Å². The van der Waals surface area contributed by atoms with Crippen LogP contribution in [-0.2, 0) is 9.47 Å². The van der Waals surface area contributed by atoms with Crippen LogP contribution in [-0.4, -0.2) is 38.8 Å². The minimum Gasteiger partial charge on any atom is -0.370 e. The molecule has 0 bridgehead atoms. The largest absolute Gasteiger partial charge is 0.370 e. The van der Waals surface area contributed by atoms with Crippen molar-refractivity contribution < 1.29 is 27.0 Å². The maximum atomic E-state index is 12.1. The van der Waals surface area contributed by atoms with Crippen molar-refractivity contribution in [2.75, 3.05) is 19.9 Å². The summed E-state index contributed by atoms with van der Waals surface area (Å²) in [7, 11) is 0. The van der Waals surface area contributed by atoms with E-state index in [1.54, 1.807) is 0 Å². The van der Waals surface area contributed by atoms with Crippen LogP contribution in [0.2, 0.25) is 0 Å². The van der Waals surface area contributed by atoms with Gasteiger partial charge in [-0.05, 0) is 6.92 Å². The Morgan fingerprint density at radius 2 is 1.69 bits per heavy atom. The maximum Gasteiger partial charge on any atom is 0.261 e. The molecule has 13 heavy (non-hydrogen) atoms. The minimum atomic E-state index is -2.61. The average molecular weight is 203 g/mol. The molecule has 0 N–H and O–H groups in total. The van der Waals surface area contributed by atoms with Crippen LogP contribution in [0.1, 0.15) is 0 Å². The van der Waals surface area contributed by atoms with E-state index in [4.69, 9.17) is 0 Å². The molecule has 2 unspecified atom stereocenters. The zero-order chi connectivity index (χ0) is 10.3. The number of hydrogen-bond acceptors (Lipinski definition) is 2. The first kappa shape index (κ1) is 12.6. The summed E-state index contributed by atoms with van der Waals surface area (Å²) in [6.07, 6.45) is -5.57. The normalized spacial score (nSPS) is 16.2. The van der Waals surface area contributed by atoms with E-state index < -0.39 is 32.2 Å². The fraction of sp³-hybridized carbons (Fsp3) is 0.857. The van der Waals surface area contributed by atoms with Crippen LogP contribution >= 0.6 is 0 Å². The number of ether oxygens (including phenoxy) is 2. The topological polar surface area (TPSA) is 18.5 Å². The number of alkyl halides is 4. The Kier molecular flexibility index (Phi) is 6.89. The lowest BCUT2D eigenvalue weighted by Crippen LogP contribution is -2.23. The maximum absolute atomic E-state index is 12.1. The highest BCUT2D eigenvalue weighted by atomic mass is 19.3. The summed E-state index contributed by atoms with van der Waals surface area (Å²) in [6.45, 7) is 0.833. The van der Waals surface area contributed by atoms with Crippen LogP contribution in [0.5, 0.6) is 0 Å². The van der Waals surface area contributed by atoms with Gasteiger partial charge in [-0.15, -0.1) is 0 Å². The van der Waals surface area contributed by atoms with E-state index in [9.17, 15) is 17.6 Å². The van der Waals surface area contributed by atoms with Crippen molar-refractivity contribution in [3.63, 3.8) is 0 Å². The molecule has 1 radical (unpaired) electrons. The van der Waals surface area contributed by atoms with Crippen LogP contribution in [0.3, 0.4) is 0 Å². The van der Waals surface area contributed by atoms with Crippen molar-refractivity contribution in [2.45, 2.75) is 18.9 Å². The molecule has 0 aliphatic heterocycles. The van der Waals surface area contributed by atoms with Crippen molar-refractivity contribution in [2.24, 2.45) is 0 Å². The van der Waals surface area contributed by atoms with Gasteiger partial charge in [0, 0.05) is 0 Å². The van der Waals surface area contributed by atoms with Crippen LogP contribution in [0.4, 0.5) is 17.6 Å². The van der Waals surface area contributed by atoms with Crippen LogP contribution < -0.4 is 0 Å². The van der Waals surface area contributed by atoms with E-state index in [0.717, 1.165) is 0 Å². The molecule has 0 spiro atoms. The third-order valence-electron chi connectivity index (χ3n) is 1.04. The van der Waals surface area contributed by atoms with Gasteiger partial charge < -0.3 is 9.47 Å². The van der Waals surface area contributed by atoms with Crippen molar-refractivity contribution in [1.29, 1.82) is 0 Å². The Balaban J connectivity index is 3.34. The predicted molar refractivity (Wildman–Crippen MR) is 37.9 cm³/mol. The van der Waals surface area contributed by atoms with Crippen LogP contribution in [0.15, 0.2) is 0 Å². The summed E-state index contributed by atoms with van der Waals surface area (Å²) in [5, 5.41) is 0. The monoisotopic (exact) mass is 203 g/mol. The summed E-state index contributed by atoms with van der Waals surface area (Å²) in [5.41, 5.74) is 0. The van der Waals surface area contributed by atoms with Crippen LogP contribution in [0, 0.1) is 6.92 Å². The molecule has 0 saturated carbocycles. The van der Waals surface area contributed by atoms with E-state index in [-0.39, 0.29) is 6.61 Å². The lowest BCUT2D eigenvalue weighted by atomic mass is 10.4. The molecule has 6 heteroatoms. The molecule has 0 aliphatic rings. The third kappa shape index (κ3) is 7.98. The molecule has 0 aromatic carbocycles. The molecule has 2 nitrogen and oxygen atoms in total. The lowest BCUT2D eigenvalue weighted by Gasteiger charge is -2.13. The van der Waals surface area contributed by atoms with Gasteiger partial charge in [0.05, 0.1) is 12.7 Å². The summed E-state index contributed by atoms with van der Waals surface area (Å²) in [4.78, 5) is 0. The predicted octanol–water partition coefficient (Wildman–Crippen LogP) is 1.75. The molecule has 0 fully saturated rings. The second kappa shape index (κ2) is 7.08. The zero-order valence-electron chi connectivity index (χ0n) is 6.89. The Morgan fingerprint density at radius 3 is 2.15 bits per heavy atom. The van der Waals surface area contributed by atoms with E-state index in [1.807, 2.05) is 0 Å². The van der Waals surface area contributed by atoms with Gasteiger partial charge in [0.25, 0.3) is 6.43 Å². The summed E-state index contributed by atoms with van der Waals surface area (Å²) < 4.78 is 55.2. The molecule has 79 valence electrons. The Hall–Kier alpha value is -0.360. The van der Waals surface area contributed by atoms with Gasteiger partial charge in [-0.3, -0.25) is 0 Å². The standard InChI is InChI=1S/C7H11F4O2/c1-5(12-4-6(9)10)3-13-7(11)2-8/h5-7H,1-4H2. The van der Waals surface area contributed by atoms with Gasteiger partial charge in [-0.2, -0.15) is 0 Å². The fourth-order valence-corrected chi connectivity index (χ4v) is 0.513. The van der Waals surface area contributed by atoms with Gasteiger partial charge >= 0.3 is 0 Å². The zero-order valence-corrected chi connectivity index (χ0v) is 6.89. The molecule has 0 amide bonds. The molecule has 0 rings (SSSR count). The molecule has 0 saturated heterocycles. The van der Waals surface area contributed by atoms with Crippen molar-refractivity contribution >= 4 is 0 Å². The number of hydrogen-bond donors (Lipinski definition) is 0. The SMILES string of the molecule is [CH2]C(COC(F)CF)OCC(F)F. The van der Waals surface area contributed by atoms with E-state index in [1.165, 1.54) is 0 Å². The quantitative estimate of drug-likeness (QED) is 0.587. The van der Waals surface area contributed by atoms with Crippen LogP contribution in [0.25, 0.3) is 0 Å². The lowest BCUT2D eigenvalue weighted by molar-refractivity contribution is -0.0984. The minimum absolute atomic E-state index is 0.349. The van der Waals surface area contributed by atoms with Gasteiger partial charge in [-0.1, -0.05) is 0 Å². The second-order valence-electron chi connectivity index (χ2n) is 2.24. The molecular weight excluding hydrogens is 192 g/mol. The molecule has 0 aromatic heterocycles. The fourth-order valence-electron chi connectivity index (χ4n) is 0.513. The van der Waals surface area contributed by atoms with E-state index in [2.05, 4.69) is 16.4 Å². The summed E-state index contributed by atoms with van der Waals surface area (Å²) >= 11 is 0. The number of rotatable bonds is 7. The second-order valence-corrected chi connectivity index (χ2v) is 2.24. The first-order valence-corrected chi connectivity index (χ1v) is 3.60. The molecule has 0 aliphatic carbocycles. The Morgan fingerprint density at radius 1 is 1.08 bits per heavy atom. The molecule has 0 heterocycles.